The second-order valence-corrected chi connectivity index (χ2v) is 4.23. The van der Waals surface area contributed by atoms with Gasteiger partial charge in [-0.2, -0.15) is 0 Å². The van der Waals surface area contributed by atoms with Crippen LogP contribution in [0, 0.1) is 11.8 Å². The molecule has 0 aromatic heterocycles. The Hall–Kier alpha value is -0.0800. The van der Waals surface area contributed by atoms with Crippen molar-refractivity contribution in [3.05, 3.63) is 0 Å². The molecular formula is C9H15NO. The van der Waals surface area contributed by atoms with E-state index in [4.69, 9.17) is 4.74 Å². The van der Waals surface area contributed by atoms with Crippen LogP contribution in [0.15, 0.2) is 0 Å². The normalized spacial score (nSPS) is 54.5. The lowest BCUT2D eigenvalue weighted by molar-refractivity contribution is -0.0736. The molecule has 1 spiro atoms. The fourth-order valence-electron chi connectivity index (χ4n) is 2.86. The second kappa shape index (κ2) is 1.99. The first-order valence-corrected chi connectivity index (χ1v) is 4.75. The van der Waals surface area contributed by atoms with Crippen molar-refractivity contribution in [1.82, 2.24) is 5.32 Å². The van der Waals surface area contributed by atoms with E-state index >= 15 is 0 Å². The number of ether oxygens (including phenoxy) is 1. The van der Waals surface area contributed by atoms with Crippen molar-refractivity contribution >= 4 is 0 Å². The molecule has 2 saturated heterocycles. The molecule has 0 amide bonds. The van der Waals surface area contributed by atoms with E-state index in [0.717, 1.165) is 25.0 Å². The third kappa shape index (κ3) is 0.798. The van der Waals surface area contributed by atoms with Crippen molar-refractivity contribution in [2.24, 2.45) is 11.8 Å². The Morgan fingerprint density at radius 3 is 3.27 bits per heavy atom. The van der Waals surface area contributed by atoms with Crippen LogP contribution in [-0.2, 0) is 4.74 Å². The molecule has 2 heteroatoms. The number of hydrogen-bond donors (Lipinski definition) is 1. The van der Waals surface area contributed by atoms with Crippen molar-refractivity contribution in [1.29, 1.82) is 0 Å². The molecule has 3 fully saturated rings. The van der Waals surface area contributed by atoms with Gasteiger partial charge in [-0.3, -0.25) is 0 Å². The summed E-state index contributed by atoms with van der Waals surface area (Å²) < 4.78 is 5.92. The van der Waals surface area contributed by atoms with E-state index in [1.807, 2.05) is 0 Å². The zero-order valence-electron chi connectivity index (χ0n) is 6.81. The molecule has 0 radical (unpaired) electrons. The van der Waals surface area contributed by atoms with Crippen LogP contribution in [0.3, 0.4) is 0 Å². The van der Waals surface area contributed by atoms with Crippen LogP contribution in [0.2, 0.25) is 0 Å². The molecule has 0 aromatic rings. The Labute approximate surface area is 67.3 Å². The smallest absolute Gasteiger partial charge is 0.0849 e. The number of nitrogens with one attached hydrogen (secondary N) is 1. The third-order valence-electron chi connectivity index (χ3n) is 3.63. The Balaban J connectivity index is 1.84. The van der Waals surface area contributed by atoms with Gasteiger partial charge in [0.15, 0.2) is 0 Å². The number of hydrogen-bond acceptors (Lipinski definition) is 2. The lowest BCUT2D eigenvalue weighted by atomic mass is 9.92. The average molecular weight is 153 g/mol. The fourth-order valence-corrected chi connectivity index (χ4v) is 2.86. The van der Waals surface area contributed by atoms with Crippen LogP contribution in [-0.4, -0.2) is 25.3 Å². The highest BCUT2D eigenvalue weighted by molar-refractivity contribution is 5.08. The highest BCUT2D eigenvalue weighted by atomic mass is 16.5. The predicted octanol–water partition coefficient (Wildman–Crippen LogP) is 0.775. The summed E-state index contributed by atoms with van der Waals surface area (Å²) in [5.74, 6) is 1.95. The number of rotatable bonds is 0. The van der Waals surface area contributed by atoms with Gasteiger partial charge >= 0.3 is 0 Å². The average Bonchev–Trinajstić information content (AvgIpc) is 2.68. The lowest BCUT2D eigenvalue weighted by Gasteiger charge is -2.32. The molecule has 2 unspecified atom stereocenters. The molecule has 3 aliphatic rings. The summed E-state index contributed by atoms with van der Waals surface area (Å²) in [6.07, 6.45) is 4.03. The predicted molar refractivity (Wildman–Crippen MR) is 42.4 cm³/mol. The van der Waals surface area contributed by atoms with E-state index in [0.29, 0.717) is 5.60 Å². The van der Waals surface area contributed by atoms with E-state index in [1.54, 1.807) is 0 Å². The Bertz CT molecular complexity index is 174. The second-order valence-electron chi connectivity index (χ2n) is 4.23. The van der Waals surface area contributed by atoms with E-state index in [1.165, 1.54) is 25.8 Å². The van der Waals surface area contributed by atoms with Crippen molar-refractivity contribution in [2.45, 2.75) is 24.9 Å². The minimum atomic E-state index is 0.295. The van der Waals surface area contributed by atoms with Crippen LogP contribution in [0.5, 0.6) is 0 Å². The Kier molecular flexibility index (Phi) is 1.16. The van der Waals surface area contributed by atoms with E-state index < -0.39 is 0 Å². The summed E-state index contributed by atoms with van der Waals surface area (Å²) in [6, 6.07) is 0. The standard InChI is InChI=1S/C9H15NO/c1-4-11-9(2-3-10-6-9)8-5-7(1)8/h7-8,10H,1-6H2/t7?,8-,9?/m1/s1. The SMILES string of the molecule is C1CC2(CN1)OCCC1C[C@H]12. The summed E-state index contributed by atoms with van der Waals surface area (Å²) in [5.41, 5.74) is 0.295. The topological polar surface area (TPSA) is 21.3 Å². The highest BCUT2D eigenvalue weighted by Gasteiger charge is 2.56. The fraction of sp³-hybridized carbons (Fsp3) is 1.00. The molecule has 62 valence electrons. The molecule has 11 heavy (non-hydrogen) atoms. The van der Waals surface area contributed by atoms with E-state index in [9.17, 15) is 0 Å². The van der Waals surface area contributed by atoms with Gasteiger partial charge in [-0.05, 0) is 37.6 Å². The molecule has 1 aliphatic carbocycles. The van der Waals surface area contributed by atoms with Crippen molar-refractivity contribution in [2.75, 3.05) is 19.7 Å². The largest absolute Gasteiger partial charge is 0.373 e. The lowest BCUT2D eigenvalue weighted by Crippen LogP contribution is -2.41. The maximum atomic E-state index is 5.92. The van der Waals surface area contributed by atoms with Gasteiger partial charge in [0, 0.05) is 13.2 Å². The molecule has 2 aliphatic heterocycles. The van der Waals surface area contributed by atoms with Crippen molar-refractivity contribution in [3.8, 4) is 0 Å². The maximum absolute atomic E-state index is 5.92. The zero-order chi connectivity index (χ0) is 7.31. The molecule has 3 atom stereocenters. The molecular weight excluding hydrogens is 138 g/mol. The monoisotopic (exact) mass is 153 g/mol. The summed E-state index contributed by atoms with van der Waals surface area (Å²) >= 11 is 0. The third-order valence-corrected chi connectivity index (χ3v) is 3.63. The van der Waals surface area contributed by atoms with Crippen LogP contribution >= 0.6 is 0 Å². The molecule has 2 heterocycles. The molecule has 2 nitrogen and oxygen atoms in total. The first-order valence-electron chi connectivity index (χ1n) is 4.75. The summed E-state index contributed by atoms with van der Waals surface area (Å²) in [6.45, 7) is 3.31. The minimum Gasteiger partial charge on any atom is -0.373 e. The minimum absolute atomic E-state index is 0.295. The van der Waals surface area contributed by atoms with Gasteiger partial charge in [0.05, 0.1) is 5.60 Å². The summed E-state index contributed by atoms with van der Waals surface area (Å²) in [7, 11) is 0. The quantitative estimate of drug-likeness (QED) is 0.555. The molecule has 0 bridgehead atoms. The van der Waals surface area contributed by atoms with Crippen molar-refractivity contribution < 1.29 is 4.74 Å². The molecule has 0 aromatic carbocycles. The molecule has 1 N–H and O–H groups in total. The van der Waals surface area contributed by atoms with Crippen LogP contribution in [0.1, 0.15) is 19.3 Å². The van der Waals surface area contributed by atoms with Gasteiger partial charge in [0.1, 0.15) is 0 Å². The van der Waals surface area contributed by atoms with Gasteiger partial charge in [0.2, 0.25) is 0 Å². The van der Waals surface area contributed by atoms with Crippen LogP contribution in [0.4, 0.5) is 0 Å². The van der Waals surface area contributed by atoms with Gasteiger partial charge in [-0.1, -0.05) is 0 Å². The first kappa shape index (κ1) is 6.44. The Morgan fingerprint density at radius 2 is 2.45 bits per heavy atom. The van der Waals surface area contributed by atoms with Gasteiger partial charge in [0.25, 0.3) is 0 Å². The van der Waals surface area contributed by atoms with E-state index in [2.05, 4.69) is 5.32 Å². The maximum Gasteiger partial charge on any atom is 0.0849 e. The van der Waals surface area contributed by atoms with Crippen LogP contribution < -0.4 is 5.32 Å². The van der Waals surface area contributed by atoms with E-state index in [-0.39, 0.29) is 0 Å². The summed E-state index contributed by atoms with van der Waals surface area (Å²) in [5, 5.41) is 3.41. The first-order chi connectivity index (χ1) is 5.41. The van der Waals surface area contributed by atoms with Gasteiger partial charge < -0.3 is 10.1 Å². The number of fused-ring (bicyclic) bond motifs is 2. The zero-order valence-corrected chi connectivity index (χ0v) is 6.81. The van der Waals surface area contributed by atoms with Gasteiger partial charge in [-0.25, -0.2) is 0 Å². The molecule has 3 rings (SSSR count). The highest BCUT2D eigenvalue weighted by Crippen LogP contribution is 2.55. The summed E-state index contributed by atoms with van der Waals surface area (Å²) in [4.78, 5) is 0. The molecule has 1 saturated carbocycles. The van der Waals surface area contributed by atoms with Gasteiger partial charge in [-0.15, -0.1) is 0 Å². The van der Waals surface area contributed by atoms with Crippen LogP contribution in [0.25, 0.3) is 0 Å². The Morgan fingerprint density at radius 1 is 1.45 bits per heavy atom. The van der Waals surface area contributed by atoms with Crippen molar-refractivity contribution in [3.63, 3.8) is 0 Å².